The first-order chi connectivity index (χ1) is 13.8. The van der Waals surface area contributed by atoms with Gasteiger partial charge in [0.05, 0.1) is 22.9 Å². The summed E-state index contributed by atoms with van der Waals surface area (Å²) in [6.45, 7) is 1.98. The van der Waals surface area contributed by atoms with Crippen molar-refractivity contribution in [3.63, 3.8) is 0 Å². The van der Waals surface area contributed by atoms with Gasteiger partial charge in [-0.05, 0) is 42.3 Å². The van der Waals surface area contributed by atoms with Crippen molar-refractivity contribution in [3.05, 3.63) is 63.6 Å². The molecule has 0 spiro atoms. The molecule has 8 heteroatoms. The minimum absolute atomic E-state index is 0.120. The van der Waals surface area contributed by atoms with Crippen molar-refractivity contribution in [2.24, 2.45) is 0 Å². The van der Waals surface area contributed by atoms with Crippen LogP contribution in [0.5, 0.6) is 5.75 Å². The summed E-state index contributed by atoms with van der Waals surface area (Å²) in [6.07, 6.45) is 0. The third kappa shape index (κ3) is 6.84. The second-order valence-electron chi connectivity index (χ2n) is 6.40. The molecule has 0 saturated heterocycles. The molecule has 0 radical (unpaired) electrons. The van der Waals surface area contributed by atoms with E-state index in [2.05, 4.69) is 5.32 Å². The van der Waals surface area contributed by atoms with Gasteiger partial charge in [-0.1, -0.05) is 41.4 Å². The van der Waals surface area contributed by atoms with E-state index in [4.69, 9.17) is 27.9 Å². The summed E-state index contributed by atoms with van der Waals surface area (Å²) in [5.41, 5.74) is 1.91. The molecule has 1 atom stereocenters. The van der Waals surface area contributed by atoms with Gasteiger partial charge < -0.3 is 15.0 Å². The smallest absolute Gasteiger partial charge is 0.242 e. The molecule has 2 rings (SSSR count). The summed E-state index contributed by atoms with van der Waals surface area (Å²) in [5, 5.41) is 3.46. The Bertz CT molecular complexity index is 846. The first-order valence-corrected chi connectivity index (χ1v) is 10.9. The number of likely N-dealkylation sites (N-methyl/N-ethyl adjacent to an activating group) is 1. The number of ether oxygens (including phenoxy) is 1. The van der Waals surface area contributed by atoms with Crippen LogP contribution in [0.1, 0.15) is 18.1 Å². The zero-order valence-electron chi connectivity index (χ0n) is 16.6. The Balaban J connectivity index is 2.04. The van der Waals surface area contributed by atoms with Crippen LogP contribution in [-0.4, -0.2) is 42.7 Å². The van der Waals surface area contributed by atoms with Gasteiger partial charge in [0.15, 0.2) is 0 Å². The number of nitrogens with one attached hydrogen (secondary N) is 1. The van der Waals surface area contributed by atoms with Gasteiger partial charge in [-0.15, -0.1) is 11.8 Å². The molecule has 2 aromatic carbocycles. The van der Waals surface area contributed by atoms with Gasteiger partial charge in [0.2, 0.25) is 11.8 Å². The normalized spacial score (nSPS) is 11.6. The van der Waals surface area contributed by atoms with Gasteiger partial charge in [0.25, 0.3) is 0 Å². The monoisotopic (exact) mass is 454 g/mol. The number of carbonyl (C=O) groups excluding carboxylic acids is 2. The zero-order chi connectivity index (χ0) is 21.4. The number of rotatable bonds is 9. The van der Waals surface area contributed by atoms with Gasteiger partial charge >= 0.3 is 0 Å². The quantitative estimate of drug-likeness (QED) is 0.609. The fraction of sp³-hybridized carbons (Fsp3) is 0.333. The Hall–Kier alpha value is -1.89. The molecule has 156 valence electrons. The highest BCUT2D eigenvalue weighted by Gasteiger charge is 2.25. The zero-order valence-corrected chi connectivity index (χ0v) is 18.9. The van der Waals surface area contributed by atoms with Crippen molar-refractivity contribution in [3.8, 4) is 5.75 Å². The molecule has 5 nitrogen and oxygen atoms in total. The van der Waals surface area contributed by atoms with Crippen LogP contribution in [0, 0.1) is 0 Å². The van der Waals surface area contributed by atoms with Crippen LogP contribution in [0.25, 0.3) is 0 Å². The number of methoxy groups -OCH3 is 1. The molecular formula is C21H24Cl2N2O3S. The summed E-state index contributed by atoms with van der Waals surface area (Å²) in [6, 6.07) is 12.3. The molecule has 0 aromatic heterocycles. The maximum atomic E-state index is 12.9. The molecule has 0 fully saturated rings. The largest absolute Gasteiger partial charge is 0.497 e. The Morgan fingerprint density at radius 2 is 1.76 bits per heavy atom. The number of thioether (sulfide) groups is 1. The second kappa shape index (κ2) is 11.3. The van der Waals surface area contributed by atoms with Crippen LogP contribution in [0.15, 0.2) is 42.5 Å². The van der Waals surface area contributed by atoms with E-state index in [1.54, 1.807) is 44.2 Å². The van der Waals surface area contributed by atoms with Crippen molar-refractivity contribution >= 4 is 46.8 Å². The molecule has 0 heterocycles. The number of carbonyl (C=O) groups is 2. The molecule has 2 aromatic rings. The highest BCUT2D eigenvalue weighted by molar-refractivity contribution is 7.99. The Morgan fingerprint density at radius 1 is 1.10 bits per heavy atom. The predicted molar refractivity (Wildman–Crippen MR) is 120 cm³/mol. The summed E-state index contributed by atoms with van der Waals surface area (Å²) in [4.78, 5) is 26.6. The lowest BCUT2D eigenvalue weighted by Crippen LogP contribution is -2.47. The van der Waals surface area contributed by atoms with E-state index in [1.807, 2.05) is 24.3 Å². The average molecular weight is 455 g/mol. The Labute approximate surface area is 185 Å². The fourth-order valence-electron chi connectivity index (χ4n) is 2.69. The molecule has 29 heavy (non-hydrogen) atoms. The molecule has 0 bridgehead atoms. The van der Waals surface area contributed by atoms with Crippen molar-refractivity contribution in [2.45, 2.75) is 25.3 Å². The molecule has 0 saturated carbocycles. The van der Waals surface area contributed by atoms with E-state index in [0.717, 1.165) is 16.9 Å². The Kier molecular flexibility index (Phi) is 9.14. The van der Waals surface area contributed by atoms with Crippen LogP contribution in [0.4, 0.5) is 0 Å². The van der Waals surface area contributed by atoms with Crippen molar-refractivity contribution in [1.29, 1.82) is 0 Å². The van der Waals surface area contributed by atoms with Gasteiger partial charge in [-0.25, -0.2) is 0 Å². The van der Waals surface area contributed by atoms with E-state index < -0.39 is 6.04 Å². The van der Waals surface area contributed by atoms with Gasteiger partial charge in [0.1, 0.15) is 11.8 Å². The topological polar surface area (TPSA) is 58.6 Å². The lowest BCUT2D eigenvalue weighted by molar-refractivity contribution is -0.138. The molecular weight excluding hydrogens is 431 g/mol. The third-order valence-electron chi connectivity index (χ3n) is 4.40. The number of benzene rings is 2. The first-order valence-electron chi connectivity index (χ1n) is 9.01. The molecule has 0 aliphatic carbocycles. The van der Waals surface area contributed by atoms with E-state index in [1.165, 1.54) is 11.8 Å². The predicted octanol–water partition coefficient (Wildman–Crippen LogP) is 4.40. The molecule has 1 unspecified atom stereocenters. The molecule has 0 aliphatic rings. The second-order valence-corrected chi connectivity index (χ2v) is 8.20. The third-order valence-corrected chi connectivity index (χ3v) is 6.13. The van der Waals surface area contributed by atoms with Gasteiger partial charge in [0, 0.05) is 19.3 Å². The van der Waals surface area contributed by atoms with Crippen LogP contribution < -0.4 is 10.1 Å². The van der Waals surface area contributed by atoms with Crippen LogP contribution in [0.3, 0.4) is 0 Å². The van der Waals surface area contributed by atoms with Crippen molar-refractivity contribution < 1.29 is 14.3 Å². The lowest BCUT2D eigenvalue weighted by atomic mass is 10.1. The SMILES string of the molecule is CNC(=O)C(C)N(Cc1ccc(Cl)c(Cl)c1)C(=O)CSCc1ccc(OC)cc1. The number of halogens is 2. The number of hydrogen-bond acceptors (Lipinski definition) is 4. The van der Waals surface area contributed by atoms with Crippen molar-refractivity contribution in [1.82, 2.24) is 10.2 Å². The van der Waals surface area contributed by atoms with E-state index >= 15 is 0 Å². The molecule has 0 aliphatic heterocycles. The highest BCUT2D eigenvalue weighted by Crippen LogP contribution is 2.24. The summed E-state index contributed by atoms with van der Waals surface area (Å²) < 4.78 is 5.15. The van der Waals surface area contributed by atoms with Crippen molar-refractivity contribution in [2.75, 3.05) is 19.9 Å². The number of nitrogens with zero attached hydrogens (tertiary/aromatic N) is 1. The van der Waals surface area contributed by atoms with Crippen LogP contribution in [0.2, 0.25) is 10.0 Å². The molecule has 2 amide bonds. The van der Waals surface area contributed by atoms with E-state index in [9.17, 15) is 9.59 Å². The standard InChI is InChI=1S/C21H24Cl2N2O3S/c1-14(21(27)24-2)25(11-16-6-9-18(22)19(23)10-16)20(26)13-29-12-15-4-7-17(28-3)8-5-15/h4-10,14H,11-13H2,1-3H3,(H,24,27). The maximum Gasteiger partial charge on any atom is 0.242 e. The van der Waals surface area contributed by atoms with E-state index in [-0.39, 0.29) is 24.1 Å². The van der Waals surface area contributed by atoms with Gasteiger partial charge in [-0.2, -0.15) is 0 Å². The lowest BCUT2D eigenvalue weighted by Gasteiger charge is -2.28. The van der Waals surface area contributed by atoms with Gasteiger partial charge in [-0.3, -0.25) is 9.59 Å². The summed E-state index contributed by atoms with van der Waals surface area (Å²) >= 11 is 13.6. The minimum Gasteiger partial charge on any atom is -0.497 e. The first kappa shape index (κ1) is 23.4. The van der Waals surface area contributed by atoms with Crippen LogP contribution in [-0.2, 0) is 21.9 Å². The highest BCUT2D eigenvalue weighted by atomic mass is 35.5. The fourth-order valence-corrected chi connectivity index (χ4v) is 3.88. The minimum atomic E-state index is -0.608. The van der Waals surface area contributed by atoms with E-state index in [0.29, 0.717) is 15.8 Å². The average Bonchev–Trinajstić information content (AvgIpc) is 2.73. The molecule has 1 N–H and O–H groups in total. The van der Waals surface area contributed by atoms with Crippen LogP contribution >= 0.6 is 35.0 Å². The summed E-state index contributed by atoms with van der Waals surface area (Å²) in [5.74, 6) is 1.39. The summed E-state index contributed by atoms with van der Waals surface area (Å²) in [7, 11) is 3.18. The Morgan fingerprint density at radius 3 is 2.34 bits per heavy atom. The maximum absolute atomic E-state index is 12.9. The number of hydrogen-bond donors (Lipinski definition) is 1. The number of amides is 2.